The third-order valence-electron chi connectivity index (χ3n) is 4.64. The Balaban J connectivity index is 1.54. The number of H-pyrrole nitrogens is 1. The van der Waals surface area contributed by atoms with Crippen LogP contribution in [-0.4, -0.2) is 30.5 Å². The highest BCUT2D eigenvalue weighted by molar-refractivity contribution is 7.71. The Morgan fingerprint density at radius 1 is 1.34 bits per heavy atom. The molecule has 3 aromatic heterocycles. The molecule has 4 rings (SSSR count). The number of carbonyl (C=O) groups is 1. The molecule has 0 radical (unpaired) electrons. The summed E-state index contributed by atoms with van der Waals surface area (Å²) in [5.41, 5.74) is 2.00. The van der Waals surface area contributed by atoms with Crippen molar-refractivity contribution >= 4 is 51.3 Å². The van der Waals surface area contributed by atoms with E-state index in [1.54, 1.807) is 0 Å². The molecule has 150 valence electrons. The zero-order valence-corrected chi connectivity index (χ0v) is 18.3. The SMILES string of the molecule is CCn1c(CNC(=O)c2cc3c(C)nn(Cc4ccc(Cl)cc4)c3s2)n[nH]c1=S. The number of carbonyl (C=O) groups excluding carboxylic acids is 1. The second-order valence-electron chi connectivity index (χ2n) is 6.57. The standard InChI is InChI=1S/C19H19ClN6OS2/c1-3-25-16(22-23-19(25)28)9-21-17(27)15-8-14-11(2)24-26(18(14)29-15)10-12-4-6-13(20)7-5-12/h4-8H,3,9-10H2,1-2H3,(H,21,27)(H,23,28). The summed E-state index contributed by atoms with van der Waals surface area (Å²) in [6.45, 7) is 5.56. The van der Waals surface area contributed by atoms with Gasteiger partial charge in [0.1, 0.15) is 4.83 Å². The number of aromatic amines is 1. The van der Waals surface area contributed by atoms with Crippen molar-refractivity contribution in [2.75, 3.05) is 0 Å². The van der Waals surface area contributed by atoms with Crippen molar-refractivity contribution in [3.05, 3.63) is 62.1 Å². The monoisotopic (exact) mass is 446 g/mol. The topological polar surface area (TPSA) is 80.5 Å². The lowest BCUT2D eigenvalue weighted by Gasteiger charge is -2.05. The average Bonchev–Trinajstić information content (AvgIpc) is 3.37. The summed E-state index contributed by atoms with van der Waals surface area (Å²) < 4.78 is 4.34. The van der Waals surface area contributed by atoms with Crippen LogP contribution in [0.4, 0.5) is 0 Å². The number of aryl methyl sites for hydroxylation is 1. The Morgan fingerprint density at radius 2 is 2.10 bits per heavy atom. The van der Waals surface area contributed by atoms with E-state index in [4.69, 9.17) is 23.8 Å². The van der Waals surface area contributed by atoms with E-state index in [0.717, 1.165) is 21.5 Å². The third-order valence-corrected chi connectivity index (χ3v) is 6.35. The minimum atomic E-state index is -0.139. The zero-order valence-electron chi connectivity index (χ0n) is 15.9. The van der Waals surface area contributed by atoms with Gasteiger partial charge in [0.2, 0.25) is 0 Å². The zero-order chi connectivity index (χ0) is 20.5. The van der Waals surface area contributed by atoms with Crippen LogP contribution in [-0.2, 0) is 19.6 Å². The van der Waals surface area contributed by atoms with Crippen molar-refractivity contribution < 1.29 is 4.79 Å². The average molecular weight is 447 g/mol. The molecule has 0 saturated carbocycles. The lowest BCUT2D eigenvalue weighted by atomic mass is 10.2. The molecule has 0 fully saturated rings. The minimum absolute atomic E-state index is 0.139. The number of aromatic nitrogens is 5. The summed E-state index contributed by atoms with van der Waals surface area (Å²) in [7, 11) is 0. The molecular weight excluding hydrogens is 428 g/mol. The first-order chi connectivity index (χ1) is 14.0. The van der Waals surface area contributed by atoms with E-state index in [1.165, 1.54) is 11.3 Å². The molecule has 7 nitrogen and oxygen atoms in total. The summed E-state index contributed by atoms with van der Waals surface area (Å²) in [4.78, 5) is 14.3. The van der Waals surface area contributed by atoms with E-state index in [-0.39, 0.29) is 5.91 Å². The first kappa shape index (κ1) is 19.8. The molecule has 0 aliphatic rings. The Labute approximate surface area is 181 Å². The summed E-state index contributed by atoms with van der Waals surface area (Å²) in [6, 6.07) is 9.58. The largest absolute Gasteiger partial charge is 0.344 e. The van der Waals surface area contributed by atoms with Gasteiger partial charge >= 0.3 is 0 Å². The van der Waals surface area contributed by atoms with Gasteiger partial charge in [-0.3, -0.25) is 14.6 Å². The van der Waals surface area contributed by atoms with Gasteiger partial charge < -0.3 is 9.88 Å². The number of nitrogens with zero attached hydrogens (tertiary/aromatic N) is 4. The number of thiophene rings is 1. The van der Waals surface area contributed by atoms with Crippen molar-refractivity contribution in [1.82, 2.24) is 29.9 Å². The predicted molar refractivity (Wildman–Crippen MR) is 117 cm³/mol. The number of benzene rings is 1. The summed E-state index contributed by atoms with van der Waals surface area (Å²) in [6.07, 6.45) is 0. The van der Waals surface area contributed by atoms with Crippen LogP contribution in [0.3, 0.4) is 0 Å². The molecule has 1 amide bonds. The molecule has 0 bridgehead atoms. The molecule has 29 heavy (non-hydrogen) atoms. The molecule has 0 saturated heterocycles. The van der Waals surface area contributed by atoms with Crippen molar-refractivity contribution in [1.29, 1.82) is 0 Å². The smallest absolute Gasteiger partial charge is 0.261 e. The van der Waals surface area contributed by atoms with Gasteiger partial charge in [-0.2, -0.15) is 10.2 Å². The highest BCUT2D eigenvalue weighted by Gasteiger charge is 2.17. The molecule has 3 heterocycles. The van der Waals surface area contributed by atoms with Crippen molar-refractivity contribution in [3.8, 4) is 0 Å². The Hall–Kier alpha value is -2.49. The number of amides is 1. The number of rotatable bonds is 6. The van der Waals surface area contributed by atoms with E-state index < -0.39 is 0 Å². The van der Waals surface area contributed by atoms with Gasteiger partial charge in [0.25, 0.3) is 5.91 Å². The molecule has 1 aromatic carbocycles. The molecule has 0 unspecified atom stereocenters. The van der Waals surface area contributed by atoms with Crippen molar-refractivity contribution in [2.24, 2.45) is 0 Å². The molecule has 0 spiro atoms. The van der Waals surface area contributed by atoms with Gasteiger partial charge in [-0.25, -0.2) is 0 Å². The predicted octanol–water partition coefficient (Wildman–Crippen LogP) is 4.31. The minimum Gasteiger partial charge on any atom is -0.344 e. The molecule has 0 aliphatic carbocycles. The second-order valence-corrected chi connectivity index (χ2v) is 8.42. The van der Waals surface area contributed by atoms with E-state index in [9.17, 15) is 4.79 Å². The maximum atomic E-state index is 12.7. The maximum absolute atomic E-state index is 12.7. The number of nitrogens with one attached hydrogen (secondary N) is 2. The van der Waals surface area contributed by atoms with Gasteiger partial charge in [-0.05, 0) is 49.8 Å². The van der Waals surface area contributed by atoms with Crippen LogP contribution >= 0.6 is 35.2 Å². The Morgan fingerprint density at radius 3 is 2.83 bits per heavy atom. The van der Waals surface area contributed by atoms with Gasteiger partial charge in [0.15, 0.2) is 10.6 Å². The summed E-state index contributed by atoms with van der Waals surface area (Å²) in [5, 5.41) is 16.2. The fourth-order valence-electron chi connectivity index (χ4n) is 3.15. The molecule has 0 aliphatic heterocycles. The van der Waals surface area contributed by atoms with Crippen LogP contribution in [0.15, 0.2) is 30.3 Å². The third kappa shape index (κ3) is 3.98. The number of hydrogen-bond donors (Lipinski definition) is 2. The fourth-order valence-corrected chi connectivity index (χ4v) is 4.64. The summed E-state index contributed by atoms with van der Waals surface area (Å²) in [5.74, 6) is 0.567. The Bertz CT molecular complexity index is 1230. The number of hydrogen-bond acceptors (Lipinski definition) is 5. The van der Waals surface area contributed by atoms with Gasteiger partial charge in [-0.1, -0.05) is 23.7 Å². The molecule has 10 heteroatoms. The normalized spacial score (nSPS) is 11.3. The van der Waals surface area contributed by atoms with Crippen molar-refractivity contribution in [3.63, 3.8) is 0 Å². The van der Waals surface area contributed by atoms with Gasteiger partial charge in [0, 0.05) is 17.0 Å². The molecule has 2 N–H and O–H groups in total. The summed E-state index contributed by atoms with van der Waals surface area (Å²) >= 11 is 12.6. The first-order valence-corrected chi connectivity index (χ1v) is 10.7. The quantitative estimate of drug-likeness (QED) is 0.432. The number of fused-ring (bicyclic) bond motifs is 1. The van der Waals surface area contributed by atoms with Crippen LogP contribution in [0.1, 0.15) is 33.7 Å². The van der Waals surface area contributed by atoms with Crippen LogP contribution < -0.4 is 5.32 Å². The van der Waals surface area contributed by atoms with Gasteiger partial charge in [0.05, 0.1) is 23.7 Å². The molecular formula is C19H19ClN6OS2. The maximum Gasteiger partial charge on any atom is 0.261 e. The lowest BCUT2D eigenvalue weighted by molar-refractivity contribution is 0.0953. The number of halogens is 1. The van der Waals surface area contributed by atoms with Crippen LogP contribution in [0.25, 0.3) is 10.2 Å². The van der Waals surface area contributed by atoms with Crippen molar-refractivity contribution in [2.45, 2.75) is 33.5 Å². The van der Waals surface area contributed by atoms with E-state index in [1.807, 2.05) is 53.4 Å². The van der Waals surface area contributed by atoms with Gasteiger partial charge in [-0.15, -0.1) is 11.3 Å². The Kier molecular flexibility index (Phi) is 5.53. The van der Waals surface area contributed by atoms with Crippen LogP contribution in [0, 0.1) is 11.7 Å². The highest BCUT2D eigenvalue weighted by atomic mass is 35.5. The fraction of sp³-hybridized carbons (Fsp3) is 0.263. The first-order valence-electron chi connectivity index (χ1n) is 9.10. The van der Waals surface area contributed by atoms with E-state index >= 15 is 0 Å². The second kappa shape index (κ2) is 8.10. The molecule has 4 aromatic rings. The lowest BCUT2D eigenvalue weighted by Crippen LogP contribution is -2.24. The highest BCUT2D eigenvalue weighted by Crippen LogP contribution is 2.29. The van der Waals surface area contributed by atoms with Crippen LogP contribution in [0.2, 0.25) is 5.02 Å². The van der Waals surface area contributed by atoms with E-state index in [2.05, 4.69) is 20.6 Å². The van der Waals surface area contributed by atoms with Crippen LogP contribution in [0.5, 0.6) is 0 Å². The molecule has 0 atom stereocenters. The van der Waals surface area contributed by atoms with E-state index in [0.29, 0.717) is 40.1 Å².